The summed E-state index contributed by atoms with van der Waals surface area (Å²) in [5.41, 5.74) is 4.25. The third kappa shape index (κ3) is 3.07. The number of Topliss-reactive ketones (excluding diaryl/α,β-unsaturated/α-hetero) is 2. The Labute approximate surface area is 148 Å². The van der Waals surface area contributed by atoms with E-state index in [9.17, 15) is 9.59 Å². The quantitative estimate of drug-likeness (QED) is 0.857. The van der Waals surface area contributed by atoms with Crippen molar-refractivity contribution in [2.24, 2.45) is 0 Å². The van der Waals surface area contributed by atoms with Gasteiger partial charge in [0.2, 0.25) is 0 Å². The van der Waals surface area contributed by atoms with E-state index in [1.54, 1.807) is 31.2 Å². The van der Waals surface area contributed by atoms with Gasteiger partial charge in [-0.25, -0.2) is 0 Å². The number of carbonyl (C=O) groups is 2. The molecule has 0 spiro atoms. The molecule has 0 bridgehead atoms. The molecule has 0 amide bonds. The molecule has 0 N–H and O–H groups in total. The zero-order chi connectivity index (χ0) is 18.1. The van der Waals surface area contributed by atoms with Crippen LogP contribution in [0.4, 0.5) is 11.4 Å². The highest BCUT2D eigenvalue weighted by molar-refractivity contribution is 6.27. The van der Waals surface area contributed by atoms with Gasteiger partial charge in [-0.15, -0.1) is 0 Å². The van der Waals surface area contributed by atoms with Gasteiger partial charge in [-0.05, 0) is 31.2 Å². The Morgan fingerprint density at radius 2 is 1.28 bits per heavy atom. The summed E-state index contributed by atoms with van der Waals surface area (Å²) in [6.45, 7) is 2.15. The maximum Gasteiger partial charge on any atom is 0.191 e. The molecule has 4 heteroatoms. The second-order valence-electron chi connectivity index (χ2n) is 6.57. The molecular formula is C21H22N2O2. The number of benzene rings is 2. The number of fused-ring (bicyclic) bond motifs is 1. The molecule has 0 fully saturated rings. The predicted molar refractivity (Wildman–Crippen MR) is 102 cm³/mol. The lowest BCUT2D eigenvalue weighted by atomic mass is 9.84. The molecular weight excluding hydrogens is 312 g/mol. The smallest absolute Gasteiger partial charge is 0.191 e. The van der Waals surface area contributed by atoms with E-state index in [0.29, 0.717) is 28.8 Å². The van der Waals surface area contributed by atoms with Gasteiger partial charge >= 0.3 is 0 Å². The van der Waals surface area contributed by atoms with E-state index >= 15 is 0 Å². The van der Waals surface area contributed by atoms with Crippen LogP contribution in [0.1, 0.15) is 27.6 Å². The van der Waals surface area contributed by atoms with E-state index in [1.807, 2.05) is 55.2 Å². The first-order valence-corrected chi connectivity index (χ1v) is 8.27. The number of allylic oxidation sites excluding steroid dienone is 1. The molecule has 0 saturated carbocycles. The van der Waals surface area contributed by atoms with Crippen LogP contribution in [0.25, 0.3) is 0 Å². The number of ketones is 2. The summed E-state index contributed by atoms with van der Waals surface area (Å²) in [7, 11) is 5.93. The van der Waals surface area contributed by atoms with Gasteiger partial charge in [-0.3, -0.25) is 9.59 Å². The van der Waals surface area contributed by atoms with Crippen molar-refractivity contribution in [2.75, 3.05) is 37.5 Å². The summed E-state index contributed by atoms with van der Waals surface area (Å²) in [5, 5.41) is 0. The molecule has 0 atom stereocenters. The largest absolute Gasteiger partial charge is 0.378 e. The number of hydrogen-bond acceptors (Lipinski definition) is 4. The Morgan fingerprint density at radius 3 is 1.84 bits per heavy atom. The molecule has 2 aromatic rings. The number of rotatable bonds is 4. The van der Waals surface area contributed by atoms with E-state index in [2.05, 4.69) is 0 Å². The van der Waals surface area contributed by atoms with Crippen molar-refractivity contribution in [1.29, 1.82) is 0 Å². The van der Waals surface area contributed by atoms with Gasteiger partial charge in [0.05, 0.1) is 0 Å². The summed E-state index contributed by atoms with van der Waals surface area (Å²) < 4.78 is 0. The van der Waals surface area contributed by atoms with Gasteiger partial charge in [0.1, 0.15) is 0 Å². The minimum atomic E-state index is -0.0541. The van der Waals surface area contributed by atoms with Crippen LogP contribution < -0.4 is 9.80 Å². The SMILES string of the molecule is CC1=C(CN(C)c2ccc(N(C)C)cc2)C(=O)c2ccccc2C1=O. The van der Waals surface area contributed by atoms with Crippen molar-refractivity contribution in [2.45, 2.75) is 6.92 Å². The Hall–Kier alpha value is -2.88. The van der Waals surface area contributed by atoms with E-state index in [-0.39, 0.29) is 11.6 Å². The van der Waals surface area contributed by atoms with Crippen molar-refractivity contribution >= 4 is 22.9 Å². The zero-order valence-electron chi connectivity index (χ0n) is 15.0. The standard InChI is InChI=1S/C21H22N2O2/c1-14-19(21(25)18-8-6-5-7-17(18)20(14)24)13-23(4)16-11-9-15(10-12-16)22(2)3/h5-12H,13H2,1-4H3. The lowest BCUT2D eigenvalue weighted by molar-refractivity contribution is 0.0973. The summed E-state index contributed by atoms with van der Waals surface area (Å²) >= 11 is 0. The van der Waals surface area contributed by atoms with Crippen LogP contribution in [0, 0.1) is 0 Å². The van der Waals surface area contributed by atoms with E-state index in [4.69, 9.17) is 0 Å². The first-order chi connectivity index (χ1) is 11.9. The van der Waals surface area contributed by atoms with E-state index in [0.717, 1.165) is 11.4 Å². The number of nitrogens with zero attached hydrogens (tertiary/aromatic N) is 2. The average Bonchev–Trinajstić information content (AvgIpc) is 2.63. The second-order valence-corrected chi connectivity index (χ2v) is 6.57. The van der Waals surface area contributed by atoms with Gasteiger partial charge in [0.25, 0.3) is 0 Å². The predicted octanol–water partition coefficient (Wildman–Crippen LogP) is 3.58. The maximum atomic E-state index is 12.8. The average molecular weight is 334 g/mol. The van der Waals surface area contributed by atoms with E-state index < -0.39 is 0 Å². The molecule has 0 saturated heterocycles. The first kappa shape index (κ1) is 17.0. The Morgan fingerprint density at radius 1 is 0.760 bits per heavy atom. The number of carbonyl (C=O) groups excluding carboxylic acids is 2. The van der Waals surface area contributed by atoms with Crippen LogP contribution in [0.2, 0.25) is 0 Å². The fraction of sp³-hybridized carbons (Fsp3) is 0.238. The number of likely N-dealkylation sites (N-methyl/N-ethyl adjacent to an activating group) is 1. The Balaban J connectivity index is 1.88. The topological polar surface area (TPSA) is 40.6 Å². The highest BCUT2D eigenvalue weighted by Crippen LogP contribution is 2.28. The van der Waals surface area contributed by atoms with Gasteiger partial charge in [0, 0.05) is 61.3 Å². The molecule has 1 aliphatic rings. The normalized spacial score (nSPS) is 13.8. The van der Waals surface area contributed by atoms with Crippen LogP contribution in [0.5, 0.6) is 0 Å². The van der Waals surface area contributed by atoms with Crippen LogP contribution >= 0.6 is 0 Å². The minimum absolute atomic E-state index is 0.0514. The van der Waals surface area contributed by atoms with Gasteiger partial charge in [-0.1, -0.05) is 24.3 Å². The molecule has 1 aliphatic carbocycles. The zero-order valence-corrected chi connectivity index (χ0v) is 15.0. The van der Waals surface area contributed by atoms with Crippen LogP contribution in [-0.4, -0.2) is 39.3 Å². The number of anilines is 2. The van der Waals surface area contributed by atoms with Crippen molar-refractivity contribution in [3.8, 4) is 0 Å². The Kier molecular flexibility index (Phi) is 4.45. The highest BCUT2D eigenvalue weighted by atomic mass is 16.1. The lowest BCUT2D eigenvalue weighted by Crippen LogP contribution is -2.29. The highest BCUT2D eigenvalue weighted by Gasteiger charge is 2.29. The van der Waals surface area contributed by atoms with E-state index in [1.165, 1.54) is 0 Å². The molecule has 4 nitrogen and oxygen atoms in total. The summed E-state index contributed by atoms with van der Waals surface area (Å²) in [4.78, 5) is 29.5. The summed E-state index contributed by atoms with van der Waals surface area (Å²) in [5.74, 6) is -0.106. The molecule has 3 rings (SSSR count). The van der Waals surface area contributed by atoms with Gasteiger partial charge < -0.3 is 9.80 Å². The monoisotopic (exact) mass is 334 g/mol. The fourth-order valence-electron chi connectivity index (χ4n) is 3.08. The van der Waals surface area contributed by atoms with Crippen molar-refractivity contribution < 1.29 is 9.59 Å². The second kappa shape index (κ2) is 6.55. The molecule has 25 heavy (non-hydrogen) atoms. The minimum Gasteiger partial charge on any atom is -0.378 e. The summed E-state index contributed by atoms with van der Waals surface area (Å²) in [6, 6.07) is 15.2. The van der Waals surface area contributed by atoms with Gasteiger partial charge in [0.15, 0.2) is 11.6 Å². The van der Waals surface area contributed by atoms with Crippen molar-refractivity contribution in [1.82, 2.24) is 0 Å². The van der Waals surface area contributed by atoms with Crippen LogP contribution in [0.3, 0.4) is 0 Å². The third-order valence-corrected chi connectivity index (χ3v) is 4.69. The number of hydrogen-bond donors (Lipinski definition) is 0. The maximum absolute atomic E-state index is 12.8. The van der Waals surface area contributed by atoms with Crippen LogP contribution in [0.15, 0.2) is 59.7 Å². The molecule has 0 aliphatic heterocycles. The lowest BCUT2D eigenvalue weighted by Gasteiger charge is -2.25. The van der Waals surface area contributed by atoms with Crippen molar-refractivity contribution in [3.05, 3.63) is 70.8 Å². The molecule has 0 aromatic heterocycles. The third-order valence-electron chi connectivity index (χ3n) is 4.69. The molecule has 0 radical (unpaired) electrons. The first-order valence-electron chi connectivity index (χ1n) is 8.27. The molecule has 0 heterocycles. The van der Waals surface area contributed by atoms with Crippen molar-refractivity contribution in [3.63, 3.8) is 0 Å². The molecule has 0 unspecified atom stereocenters. The molecule has 2 aromatic carbocycles. The Bertz CT molecular complexity index is 864. The fourth-order valence-corrected chi connectivity index (χ4v) is 3.08. The van der Waals surface area contributed by atoms with Gasteiger partial charge in [-0.2, -0.15) is 0 Å². The molecule has 128 valence electrons. The van der Waals surface area contributed by atoms with Crippen LogP contribution in [-0.2, 0) is 0 Å². The summed E-state index contributed by atoms with van der Waals surface area (Å²) in [6.07, 6.45) is 0.